The molecule has 0 aromatic heterocycles. The first kappa shape index (κ1) is 25.3. The van der Waals surface area contributed by atoms with E-state index in [9.17, 15) is 14.7 Å². The third-order valence-electron chi connectivity index (χ3n) is 9.12. The van der Waals surface area contributed by atoms with Crippen molar-refractivity contribution in [2.24, 2.45) is 0 Å². The summed E-state index contributed by atoms with van der Waals surface area (Å²) in [5.41, 5.74) is 4.51. The number of hydrogen-bond donors (Lipinski definition) is 2. The first-order valence-electron chi connectivity index (χ1n) is 13.9. The molecule has 2 bridgehead atoms. The number of rotatable bonds is 5. The van der Waals surface area contributed by atoms with Crippen LogP contribution in [-0.4, -0.2) is 90.8 Å². The number of methoxy groups -OCH3 is 1. The van der Waals surface area contributed by atoms with E-state index in [1.165, 1.54) is 11.1 Å². The van der Waals surface area contributed by atoms with Gasteiger partial charge in [-0.2, -0.15) is 0 Å². The number of benzene rings is 2. The van der Waals surface area contributed by atoms with Crippen LogP contribution in [0.25, 0.3) is 0 Å². The molecule has 4 aliphatic rings. The van der Waals surface area contributed by atoms with E-state index in [0.29, 0.717) is 24.2 Å². The van der Waals surface area contributed by atoms with Gasteiger partial charge >= 0.3 is 0 Å². The van der Waals surface area contributed by atoms with Gasteiger partial charge in [-0.1, -0.05) is 24.3 Å². The largest absolute Gasteiger partial charge is 0.390 e. The number of carbonyl (C=O) groups is 2. The van der Waals surface area contributed by atoms with Crippen molar-refractivity contribution in [2.45, 2.75) is 69.0 Å². The van der Waals surface area contributed by atoms with E-state index in [4.69, 9.17) is 4.74 Å². The summed E-state index contributed by atoms with van der Waals surface area (Å²) in [6.45, 7) is 2.14. The number of nitrogens with one attached hydrogen (secondary N) is 1. The van der Waals surface area contributed by atoms with Crippen LogP contribution in [0.2, 0.25) is 0 Å². The van der Waals surface area contributed by atoms with E-state index in [0.717, 1.165) is 44.3 Å². The van der Waals surface area contributed by atoms with Crippen molar-refractivity contribution in [1.82, 2.24) is 15.1 Å². The molecule has 2 amide bonds. The summed E-state index contributed by atoms with van der Waals surface area (Å²) in [4.78, 5) is 33.1. The fourth-order valence-electron chi connectivity index (χ4n) is 6.90. The number of aliphatic hydroxyl groups excluding tert-OH is 1. The zero-order valence-electron chi connectivity index (χ0n) is 22.3. The molecule has 0 aliphatic carbocycles. The van der Waals surface area contributed by atoms with Crippen LogP contribution in [0.15, 0.2) is 42.5 Å². The first-order chi connectivity index (χ1) is 18.4. The molecule has 0 spiro atoms. The van der Waals surface area contributed by atoms with Gasteiger partial charge in [-0.25, -0.2) is 0 Å². The Morgan fingerprint density at radius 3 is 2.58 bits per heavy atom. The van der Waals surface area contributed by atoms with Crippen molar-refractivity contribution in [3.05, 3.63) is 64.7 Å². The van der Waals surface area contributed by atoms with Crippen LogP contribution in [0.3, 0.4) is 0 Å². The molecule has 2 fully saturated rings. The second-order valence-corrected chi connectivity index (χ2v) is 11.4. The lowest BCUT2D eigenvalue weighted by atomic mass is 9.92. The van der Waals surface area contributed by atoms with Crippen molar-refractivity contribution < 1.29 is 19.4 Å². The first-order valence-corrected chi connectivity index (χ1v) is 13.9. The number of aliphatic hydroxyl groups is 1. The van der Waals surface area contributed by atoms with Crippen LogP contribution in [0, 0.1) is 0 Å². The molecule has 38 heavy (non-hydrogen) atoms. The van der Waals surface area contributed by atoms with Crippen LogP contribution in [0.4, 0.5) is 5.69 Å². The van der Waals surface area contributed by atoms with Crippen LogP contribution in [0.5, 0.6) is 0 Å². The summed E-state index contributed by atoms with van der Waals surface area (Å²) < 4.78 is 5.60. The number of ether oxygens (including phenoxy) is 1. The molecule has 4 aliphatic heterocycles. The van der Waals surface area contributed by atoms with Crippen molar-refractivity contribution in [3.8, 4) is 0 Å². The summed E-state index contributed by atoms with van der Waals surface area (Å²) in [6.07, 6.45) is 4.13. The minimum absolute atomic E-state index is 0.0517. The fraction of sp³-hybridized carbons (Fsp3) is 0.533. The lowest BCUT2D eigenvalue weighted by Crippen LogP contribution is -2.50. The van der Waals surface area contributed by atoms with Gasteiger partial charge < -0.3 is 29.9 Å². The molecule has 0 radical (unpaired) electrons. The molecular formula is C30H38N4O4. The van der Waals surface area contributed by atoms with Gasteiger partial charge in [0.05, 0.1) is 23.5 Å². The number of likely N-dealkylation sites (N-methyl/N-ethyl adjacent to an activating group) is 1. The maximum atomic E-state index is 13.6. The van der Waals surface area contributed by atoms with E-state index in [2.05, 4.69) is 27.2 Å². The molecule has 2 aromatic carbocycles. The summed E-state index contributed by atoms with van der Waals surface area (Å²) >= 11 is 0. The fourth-order valence-corrected chi connectivity index (χ4v) is 6.90. The van der Waals surface area contributed by atoms with Crippen LogP contribution in [0.1, 0.15) is 57.5 Å². The molecular weight excluding hydrogens is 480 g/mol. The molecule has 0 saturated carbocycles. The number of amides is 2. The number of anilines is 1. The molecule has 4 atom stereocenters. The van der Waals surface area contributed by atoms with E-state index >= 15 is 0 Å². The molecule has 8 heteroatoms. The maximum Gasteiger partial charge on any atom is 0.256 e. The summed E-state index contributed by atoms with van der Waals surface area (Å²) in [7, 11) is 3.72. The van der Waals surface area contributed by atoms with E-state index in [-0.39, 0.29) is 42.6 Å². The molecule has 8 nitrogen and oxygen atoms in total. The second-order valence-electron chi connectivity index (χ2n) is 11.4. The number of piperidine rings is 1. The minimum Gasteiger partial charge on any atom is -0.390 e. The molecule has 6 rings (SSSR count). The number of fused-ring (bicyclic) bond motifs is 4. The Balaban J connectivity index is 1.17. The molecule has 2 aromatic rings. The highest BCUT2D eigenvalue weighted by Crippen LogP contribution is 2.38. The Bertz CT molecular complexity index is 1200. The third-order valence-corrected chi connectivity index (χ3v) is 9.12. The Morgan fingerprint density at radius 1 is 1.11 bits per heavy atom. The van der Waals surface area contributed by atoms with E-state index in [1.807, 2.05) is 25.2 Å². The van der Waals surface area contributed by atoms with Crippen molar-refractivity contribution >= 4 is 17.5 Å². The average Bonchev–Trinajstić information content (AvgIpc) is 3.15. The van der Waals surface area contributed by atoms with Gasteiger partial charge in [0, 0.05) is 64.0 Å². The van der Waals surface area contributed by atoms with E-state index < -0.39 is 6.10 Å². The predicted octanol–water partition coefficient (Wildman–Crippen LogP) is 2.44. The monoisotopic (exact) mass is 518 g/mol. The molecule has 2 saturated heterocycles. The summed E-state index contributed by atoms with van der Waals surface area (Å²) in [5.74, 6) is -0.0459. The highest BCUT2D eigenvalue weighted by atomic mass is 16.5. The highest BCUT2D eigenvalue weighted by molar-refractivity contribution is 6.03. The number of carbonyl (C=O) groups excluding carboxylic acids is 2. The van der Waals surface area contributed by atoms with Crippen LogP contribution >= 0.6 is 0 Å². The van der Waals surface area contributed by atoms with Crippen LogP contribution in [-0.2, 0) is 17.7 Å². The van der Waals surface area contributed by atoms with Gasteiger partial charge in [0.2, 0.25) is 0 Å². The van der Waals surface area contributed by atoms with Crippen molar-refractivity contribution in [2.75, 3.05) is 38.7 Å². The Morgan fingerprint density at radius 2 is 1.84 bits per heavy atom. The minimum atomic E-state index is -0.675. The molecule has 2 N–H and O–H groups in total. The van der Waals surface area contributed by atoms with Gasteiger partial charge in [0.1, 0.15) is 0 Å². The average molecular weight is 519 g/mol. The second kappa shape index (κ2) is 10.3. The molecule has 3 unspecified atom stereocenters. The smallest absolute Gasteiger partial charge is 0.256 e. The Kier molecular flexibility index (Phi) is 6.88. The highest BCUT2D eigenvalue weighted by Gasteiger charge is 2.43. The SMILES string of the molecule is COC1CC2CCC(C1)N2C(=O)c1ccc2c(c1)N(C)CCN(CC(O)[C@@H]1Cc3ccccc3CN1)C2=O. The normalized spacial score (nSPS) is 27.6. The van der Waals surface area contributed by atoms with Crippen LogP contribution < -0.4 is 10.2 Å². The number of hydrogen-bond acceptors (Lipinski definition) is 6. The third kappa shape index (κ3) is 4.59. The molecule has 202 valence electrons. The predicted molar refractivity (Wildman–Crippen MR) is 145 cm³/mol. The maximum absolute atomic E-state index is 13.6. The molecule has 4 heterocycles. The Hall–Kier alpha value is -2.94. The standard InChI is InChI=1S/C30H38N4O4/c1-32-11-12-33(18-28(35)26-13-19-5-3-4-6-21(19)17-31-26)30(37)25-10-7-20(14-27(25)32)29(36)34-22-8-9-23(34)16-24(15-22)38-2/h3-7,10,14,22-24,26,28,31,35H,8-9,11-13,15-18H2,1-2H3/t22?,23?,24?,26-,28?/m0/s1. The van der Waals surface area contributed by atoms with Gasteiger partial charge in [-0.05, 0) is 61.4 Å². The van der Waals surface area contributed by atoms with Gasteiger partial charge in [-0.15, -0.1) is 0 Å². The van der Waals surface area contributed by atoms with Crippen molar-refractivity contribution in [3.63, 3.8) is 0 Å². The number of β-amino-alcohol motifs (C(OH)–C–C–N with tert-alkyl or cyclic N) is 1. The number of nitrogens with zero attached hydrogens (tertiary/aromatic N) is 3. The lowest BCUT2D eigenvalue weighted by molar-refractivity contribution is 0.00821. The zero-order chi connectivity index (χ0) is 26.4. The zero-order valence-corrected chi connectivity index (χ0v) is 22.3. The Labute approximate surface area is 224 Å². The van der Waals surface area contributed by atoms with Gasteiger partial charge in [0.15, 0.2) is 0 Å². The summed E-state index contributed by atoms with van der Waals surface area (Å²) in [5, 5.41) is 14.5. The van der Waals surface area contributed by atoms with Crippen molar-refractivity contribution in [1.29, 1.82) is 0 Å². The summed E-state index contributed by atoms with van der Waals surface area (Å²) in [6, 6.07) is 14.1. The topological polar surface area (TPSA) is 85.3 Å². The van der Waals surface area contributed by atoms with Gasteiger partial charge in [0.25, 0.3) is 11.8 Å². The lowest BCUT2D eigenvalue weighted by Gasteiger charge is -2.38. The van der Waals surface area contributed by atoms with Gasteiger partial charge in [-0.3, -0.25) is 9.59 Å². The quantitative estimate of drug-likeness (QED) is 0.633. The van der Waals surface area contributed by atoms with E-state index in [1.54, 1.807) is 24.1 Å².